The number of nitrogens with zero attached hydrogens (tertiary/aromatic N) is 1. The maximum atomic E-state index is 12.6. The van der Waals surface area contributed by atoms with Gasteiger partial charge < -0.3 is 21.1 Å². The highest BCUT2D eigenvalue weighted by atomic mass is 32.7. The van der Waals surface area contributed by atoms with Crippen molar-refractivity contribution in [2.45, 2.75) is 75.7 Å². The molecule has 2 amide bonds. The number of nitrogens with two attached hydrogens (primary N) is 1. The Morgan fingerprint density at radius 2 is 1.96 bits per heavy atom. The van der Waals surface area contributed by atoms with Crippen molar-refractivity contribution >= 4 is 37.6 Å². The molecule has 1 fully saturated rings. The van der Waals surface area contributed by atoms with Crippen molar-refractivity contribution in [1.82, 2.24) is 10.2 Å². The Hall–Kier alpha value is -0.850. The number of hydrogen-bond donors (Lipinski definition) is 3. The van der Waals surface area contributed by atoms with E-state index in [0.29, 0.717) is 19.4 Å². The summed E-state index contributed by atoms with van der Waals surface area (Å²) < 4.78 is -0.310. The van der Waals surface area contributed by atoms with Crippen molar-refractivity contribution in [3.8, 4) is 0 Å². The van der Waals surface area contributed by atoms with E-state index in [1.807, 2.05) is 13.8 Å². The second-order valence-corrected chi connectivity index (χ2v) is 9.94. The molecule has 1 aliphatic rings. The van der Waals surface area contributed by atoms with Crippen molar-refractivity contribution in [2.75, 3.05) is 6.54 Å². The normalized spacial score (nSPS) is 19.6. The van der Waals surface area contributed by atoms with Gasteiger partial charge in [-0.15, -0.1) is 11.4 Å². The van der Waals surface area contributed by atoms with Crippen LogP contribution in [0.25, 0.3) is 0 Å². The molecule has 1 heterocycles. The SMILES string of the molecule is CC(C)(N)CC(=O)N1CCC[C@H]1C(=O)N[C@@H](CC(C)(C)SP)C(=O)O. The average molecular weight is 391 g/mol. The summed E-state index contributed by atoms with van der Waals surface area (Å²) in [5.74, 6) is -1.64. The molecule has 0 aromatic rings. The molecule has 0 aromatic carbocycles. The summed E-state index contributed by atoms with van der Waals surface area (Å²) in [6.45, 7) is 7.86. The highest BCUT2D eigenvalue weighted by Gasteiger charge is 2.37. The maximum absolute atomic E-state index is 12.6. The molecule has 1 saturated heterocycles. The van der Waals surface area contributed by atoms with Crippen LogP contribution in [0.4, 0.5) is 0 Å². The van der Waals surface area contributed by atoms with E-state index in [9.17, 15) is 19.5 Å². The molecule has 7 nitrogen and oxygen atoms in total. The molecule has 3 atom stereocenters. The molecule has 0 spiro atoms. The van der Waals surface area contributed by atoms with Crippen molar-refractivity contribution < 1.29 is 19.5 Å². The smallest absolute Gasteiger partial charge is 0.326 e. The number of carboxylic acids is 1. The second-order valence-electron chi connectivity index (χ2n) is 7.89. The third kappa shape index (κ3) is 7.12. The quantitative estimate of drug-likeness (QED) is 0.539. The van der Waals surface area contributed by atoms with Gasteiger partial charge in [-0.2, -0.15) is 0 Å². The van der Waals surface area contributed by atoms with Gasteiger partial charge in [0.05, 0.1) is 0 Å². The van der Waals surface area contributed by atoms with E-state index in [4.69, 9.17) is 5.73 Å². The zero-order valence-corrected chi connectivity index (χ0v) is 17.3. The van der Waals surface area contributed by atoms with E-state index >= 15 is 0 Å². The molecule has 1 aliphatic heterocycles. The molecule has 4 N–H and O–H groups in total. The van der Waals surface area contributed by atoms with Crippen LogP contribution in [0.2, 0.25) is 0 Å². The van der Waals surface area contributed by atoms with Gasteiger partial charge in [0.1, 0.15) is 12.1 Å². The lowest BCUT2D eigenvalue weighted by molar-refractivity contribution is -0.144. The summed E-state index contributed by atoms with van der Waals surface area (Å²) in [5.41, 5.74) is 5.25. The van der Waals surface area contributed by atoms with Crippen LogP contribution in [0.5, 0.6) is 0 Å². The predicted octanol–water partition coefficient (Wildman–Crippen LogP) is 1.37. The van der Waals surface area contributed by atoms with E-state index in [2.05, 4.69) is 13.8 Å². The van der Waals surface area contributed by atoms with Gasteiger partial charge in [-0.25, -0.2) is 4.79 Å². The second kappa shape index (κ2) is 8.69. The van der Waals surface area contributed by atoms with Crippen LogP contribution >= 0.6 is 19.8 Å². The van der Waals surface area contributed by atoms with Crippen LogP contribution in [0.1, 0.15) is 53.4 Å². The first-order chi connectivity index (χ1) is 11.4. The van der Waals surface area contributed by atoms with Gasteiger partial charge in [-0.05, 0) is 33.1 Å². The molecule has 1 unspecified atom stereocenters. The minimum absolute atomic E-state index is 0.149. The fourth-order valence-electron chi connectivity index (χ4n) is 2.84. The Labute approximate surface area is 155 Å². The van der Waals surface area contributed by atoms with Crippen LogP contribution in [0, 0.1) is 0 Å². The Morgan fingerprint density at radius 3 is 2.44 bits per heavy atom. The van der Waals surface area contributed by atoms with Gasteiger partial charge in [-0.3, -0.25) is 9.59 Å². The van der Waals surface area contributed by atoms with E-state index in [1.54, 1.807) is 13.8 Å². The van der Waals surface area contributed by atoms with E-state index in [1.165, 1.54) is 16.3 Å². The largest absolute Gasteiger partial charge is 0.480 e. The molecule has 0 aliphatic carbocycles. The first kappa shape index (κ1) is 22.2. The molecule has 1 rings (SSSR count). The number of likely N-dealkylation sites (tertiary alicyclic amines) is 1. The van der Waals surface area contributed by atoms with Crippen LogP contribution in [0.3, 0.4) is 0 Å². The Morgan fingerprint density at radius 1 is 1.36 bits per heavy atom. The lowest BCUT2D eigenvalue weighted by Crippen LogP contribution is -2.53. The number of nitrogens with one attached hydrogen (secondary N) is 1. The number of amides is 2. The van der Waals surface area contributed by atoms with Crippen molar-refractivity contribution in [2.24, 2.45) is 5.73 Å². The van der Waals surface area contributed by atoms with Gasteiger partial charge >= 0.3 is 5.97 Å². The summed E-state index contributed by atoms with van der Waals surface area (Å²) in [4.78, 5) is 38.1. The molecule has 25 heavy (non-hydrogen) atoms. The number of carbonyl (C=O) groups is 3. The van der Waals surface area contributed by atoms with Gasteiger partial charge in [0, 0.05) is 23.3 Å². The van der Waals surface area contributed by atoms with E-state index in [0.717, 1.165) is 6.42 Å². The molecule has 144 valence electrons. The Bertz CT molecular complexity index is 522. The van der Waals surface area contributed by atoms with Crippen LogP contribution in [-0.2, 0) is 14.4 Å². The molecule has 0 radical (unpaired) electrons. The van der Waals surface area contributed by atoms with Crippen LogP contribution in [0.15, 0.2) is 0 Å². The van der Waals surface area contributed by atoms with Gasteiger partial charge in [-0.1, -0.05) is 22.3 Å². The highest BCUT2D eigenvalue weighted by Crippen LogP contribution is 2.34. The monoisotopic (exact) mass is 391 g/mol. The van der Waals surface area contributed by atoms with Gasteiger partial charge in [0.15, 0.2) is 0 Å². The first-order valence-corrected chi connectivity index (χ1v) is 10.6. The van der Waals surface area contributed by atoms with Gasteiger partial charge in [0.2, 0.25) is 11.8 Å². The Kier molecular flexibility index (Phi) is 7.71. The van der Waals surface area contributed by atoms with Crippen LogP contribution < -0.4 is 11.1 Å². The highest BCUT2D eigenvalue weighted by molar-refractivity contribution is 8.44. The van der Waals surface area contributed by atoms with E-state index in [-0.39, 0.29) is 17.1 Å². The number of hydrogen-bond acceptors (Lipinski definition) is 5. The average Bonchev–Trinajstić information content (AvgIpc) is 2.94. The van der Waals surface area contributed by atoms with Crippen molar-refractivity contribution in [1.29, 1.82) is 0 Å². The van der Waals surface area contributed by atoms with E-state index < -0.39 is 29.5 Å². The fourth-order valence-corrected chi connectivity index (χ4v) is 3.39. The standard InChI is InChI=1S/C16H30N3O4PS/c1-15(2,17)9-12(20)19-7-5-6-11(19)13(21)18-10(14(22)23)8-16(3,4)25-24/h10-11H,5-9,17,24H2,1-4H3,(H,18,21)(H,22,23)/t10-,11-/m0/s1. The maximum Gasteiger partial charge on any atom is 0.326 e. The summed E-state index contributed by atoms with van der Waals surface area (Å²) >= 11 is 1.47. The lowest BCUT2D eigenvalue weighted by atomic mass is 10.0. The third-order valence-corrected chi connectivity index (χ3v) is 6.83. The number of carbonyl (C=O) groups excluding carboxylic acids is 2. The van der Waals surface area contributed by atoms with Crippen molar-refractivity contribution in [3.05, 3.63) is 0 Å². The van der Waals surface area contributed by atoms with Gasteiger partial charge in [0.25, 0.3) is 0 Å². The fraction of sp³-hybridized carbons (Fsp3) is 0.812. The minimum Gasteiger partial charge on any atom is -0.480 e. The zero-order valence-electron chi connectivity index (χ0n) is 15.4. The minimum atomic E-state index is -1.07. The molecular formula is C16H30N3O4PS. The molecule has 0 saturated carbocycles. The summed E-state index contributed by atoms with van der Waals surface area (Å²) in [6.07, 6.45) is 1.70. The summed E-state index contributed by atoms with van der Waals surface area (Å²) in [7, 11) is 2.52. The molecule has 0 aromatic heterocycles. The van der Waals surface area contributed by atoms with Crippen molar-refractivity contribution in [3.63, 3.8) is 0 Å². The molecule has 9 heteroatoms. The molecular weight excluding hydrogens is 361 g/mol. The Balaban J connectivity index is 2.79. The number of aliphatic carboxylic acids is 1. The number of rotatable bonds is 8. The first-order valence-electron chi connectivity index (χ1n) is 8.36. The third-order valence-electron chi connectivity index (χ3n) is 4.11. The zero-order chi connectivity index (χ0) is 19.4. The lowest BCUT2D eigenvalue weighted by Gasteiger charge is -2.30. The summed E-state index contributed by atoms with van der Waals surface area (Å²) in [5, 5.41) is 12.0. The summed E-state index contributed by atoms with van der Waals surface area (Å²) in [6, 6.07) is -1.61. The predicted molar refractivity (Wildman–Crippen MR) is 103 cm³/mol. The topological polar surface area (TPSA) is 113 Å². The van der Waals surface area contributed by atoms with Crippen LogP contribution in [-0.4, -0.2) is 56.7 Å². The molecule has 0 bridgehead atoms. The number of carboxylic acid groups (broad SMARTS) is 1.